The quantitative estimate of drug-likeness (QED) is 0.731. The molecular formula is C14H12F2N4O2. The molecule has 0 spiro atoms. The molecule has 0 unspecified atom stereocenters. The number of halogens is 2. The highest BCUT2D eigenvalue weighted by molar-refractivity contribution is 5.97. The third kappa shape index (κ3) is 4.23. The van der Waals surface area contributed by atoms with Crippen LogP contribution in [0.15, 0.2) is 36.7 Å². The first-order valence-corrected chi connectivity index (χ1v) is 6.25. The van der Waals surface area contributed by atoms with E-state index in [-0.39, 0.29) is 12.1 Å². The molecule has 22 heavy (non-hydrogen) atoms. The Balaban J connectivity index is 1.85. The van der Waals surface area contributed by atoms with E-state index in [0.29, 0.717) is 5.69 Å². The highest BCUT2D eigenvalue weighted by Gasteiger charge is 2.07. The molecule has 6 nitrogen and oxygen atoms in total. The maximum atomic E-state index is 13.3. The van der Waals surface area contributed by atoms with Crippen molar-refractivity contribution in [2.75, 3.05) is 11.9 Å². The van der Waals surface area contributed by atoms with Gasteiger partial charge in [0.25, 0.3) is 0 Å². The van der Waals surface area contributed by atoms with Gasteiger partial charge in [-0.15, -0.1) is 0 Å². The molecule has 0 radical (unpaired) electrons. The molecule has 1 aromatic heterocycles. The van der Waals surface area contributed by atoms with E-state index in [0.717, 1.165) is 24.3 Å². The fraction of sp³-hybridized carbons (Fsp3) is 0.0714. The number of nitrogens with zero attached hydrogens (tertiary/aromatic N) is 1. The van der Waals surface area contributed by atoms with Gasteiger partial charge in [-0.05, 0) is 18.2 Å². The van der Waals surface area contributed by atoms with Gasteiger partial charge in [0.15, 0.2) is 0 Å². The smallest absolute Gasteiger partial charge is 0.244 e. The van der Waals surface area contributed by atoms with Crippen molar-refractivity contribution >= 4 is 23.6 Å². The topological polar surface area (TPSA) is 86.9 Å². The number of carbonyl (C=O) groups excluding carboxylic acids is 2. The lowest BCUT2D eigenvalue weighted by Crippen LogP contribution is -2.31. The lowest BCUT2D eigenvalue weighted by molar-refractivity contribution is -0.121. The van der Waals surface area contributed by atoms with E-state index in [1.54, 1.807) is 0 Å². The van der Waals surface area contributed by atoms with Crippen LogP contribution in [0.2, 0.25) is 0 Å². The van der Waals surface area contributed by atoms with Crippen LogP contribution in [0.1, 0.15) is 5.56 Å². The van der Waals surface area contributed by atoms with Crippen LogP contribution in [0.4, 0.5) is 14.5 Å². The number of aromatic nitrogens is 2. The summed E-state index contributed by atoms with van der Waals surface area (Å²) < 4.78 is 26.7. The van der Waals surface area contributed by atoms with Crippen molar-refractivity contribution in [1.82, 2.24) is 15.5 Å². The maximum absolute atomic E-state index is 13.3. The van der Waals surface area contributed by atoms with E-state index in [9.17, 15) is 18.4 Å². The van der Waals surface area contributed by atoms with Gasteiger partial charge >= 0.3 is 0 Å². The Morgan fingerprint density at radius 3 is 2.64 bits per heavy atom. The van der Waals surface area contributed by atoms with E-state index < -0.39 is 23.4 Å². The van der Waals surface area contributed by atoms with Crippen molar-refractivity contribution in [3.63, 3.8) is 0 Å². The number of hydrogen-bond acceptors (Lipinski definition) is 3. The van der Waals surface area contributed by atoms with Crippen molar-refractivity contribution in [1.29, 1.82) is 0 Å². The number of amides is 2. The highest BCUT2D eigenvalue weighted by atomic mass is 19.1. The molecule has 0 aliphatic carbocycles. The van der Waals surface area contributed by atoms with Gasteiger partial charge in [-0.1, -0.05) is 6.07 Å². The molecule has 0 atom stereocenters. The summed E-state index contributed by atoms with van der Waals surface area (Å²) in [5.74, 6) is -2.66. The lowest BCUT2D eigenvalue weighted by Gasteiger charge is -2.03. The Bertz CT molecular complexity index is 679. The molecular weight excluding hydrogens is 294 g/mol. The minimum atomic E-state index is -0.776. The first kappa shape index (κ1) is 15.4. The molecule has 2 rings (SSSR count). The molecule has 114 valence electrons. The maximum Gasteiger partial charge on any atom is 0.244 e. The zero-order valence-electron chi connectivity index (χ0n) is 11.3. The second-order valence-electron chi connectivity index (χ2n) is 4.22. The molecule has 0 aliphatic heterocycles. The molecule has 0 bridgehead atoms. The number of aromatic amines is 1. The molecule has 1 heterocycles. The van der Waals surface area contributed by atoms with Crippen LogP contribution in [0, 0.1) is 11.6 Å². The highest BCUT2D eigenvalue weighted by Crippen LogP contribution is 2.13. The Morgan fingerprint density at radius 1 is 1.27 bits per heavy atom. The van der Waals surface area contributed by atoms with Crippen molar-refractivity contribution in [2.24, 2.45) is 0 Å². The van der Waals surface area contributed by atoms with E-state index in [1.807, 2.05) is 0 Å². The first-order valence-electron chi connectivity index (χ1n) is 6.25. The van der Waals surface area contributed by atoms with Crippen molar-refractivity contribution < 1.29 is 18.4 Å². The number of H-pyrrole nitrogens is 1. The van der Waals surface area contributed by atoms with Crippen molar-refractivity contribution in [2.45, 2.75) is 0 Å². The van der Waals surface area contributed by atoms with Gasteiger partial charge in [0.05, 0.1) is 18.4 Å². The Kier molecular flexibility index (Phi) is 4.97. The zero-order chi connectivity index (χ0) is 15.9. The average molecular weight is 306 g/mol. The summed E-state index contributed by atoms with van der Waals surface area (Å²) in [6.07, 6.45) is 4.84. The summed E-state index contributed by atoms with van der Waals surface area (Å²) in [6, 6.07) is 3.39. The van der Waals surface area contributed by atoms with Gasteiger partial charge < -0.3 is 10.6 Å². The van der Waals surface area contributed by atoms with Crippen LogP contribution in [0.5, 0.6) is 0 Å². The molecule has 2 aromatic rings. The summed E-state index contributed by atoms with van der Waals surface area (Å²) in [6.45, 7) is -0.284. The van der Waals surface area contributed by atoms with Gasteiger partial charge in [0.2, 0.25) is 11.8 Å². The minimum Gasteiger partial charge on any atom is -0.343 e. The summed E-state index contributed by atoms with van der Waals surface area (Å²) in [5, 5.41) is 10.9. The van der Waals surface area contributed by atoms with Crippen molar-refractivity contribution in [3.05, 3.63) is 53.9 Å². The first-order chi connectivity index (χ1) is 10.6. The molecule has 0 saturated carbocycles. The number of rotatable bonds is 5. The van der Waals surface area contributed by atoms with Crippen LogP contribution in [0.25, 0.3) is 6.08 Å². The number of hydrogen-bond donors (Lipinski definition) is 3. The average Bonchev–Trinajstić information content (AvgIpc) is 2.97. The summed E-state index contributed by atoms with van der Waals surface area (Å²) in [7, 11) is 0. The number of benzene rings is 1. The van der Waals surface area contributed by atoms with Crippen molar-refractivity contribution in [3.8, 4) is 0 Å². The summed E-state index contributed by atoms with van der Waals surface area (Å²) >= 11 is 0. The number of anilines is 1. The van der Waals surface area contributed by atoms with Crippen LogP contribution >= 0.6 is 0 Å². The van der Waals surface area contributed by atoms with Gasteiger partial charge in [0, 0.05) is 17.8 Å². The Labute approximate surface area is 124 Å². The standard InChI is InChI=1S/C14H12F2N4O2/c15-11-2-1-3-12(16)10(11)4-5-13(21)17-8-14(22)20-9-6-18-19-7-9/h1-7H,8H2,(H,17,21)(H,18,19)(H,20,22)/b5-4-. The van der Waals surface area contributed by atoms with Crippen LogP contribution in [-0.2, 0) is 9.59 Å². The van der Waals surface area contributed by atoms with Gasteiger partial charge in [-0.25, -0.2) is 8.78 Å². The second kappa shape index (κ2) is 7.11. The normalized spacial score (nSPS) is 10.6. The van der Waals surface area contributed by atoms with E-state index in [1.165, 1.54) is 18.5 Å². The van der Waals surface area contributed by atoms with E-state index in [4.69, 9.17) is 0 Å². The fourth-order valence-electron chi connectivity index (χ4n) is 1.58. The summed E-state index contributed by atoms with van der Waals surface area (Å²) in [4.78, 5) is 23.0. The Hall–Kier alpha value is -3.03. The van der Waals surface area contributed by atoms with Crippen LogP contribution < -0.4 is 10.6 Å². The number of nitrogens with one attached hydrogen (secondary N) is 3. The zero-order valence-corrected chi connectivity index (χ0v) is 11.3. The van der Waals surface area contributed by atoms with Crippen LogP contribution in [0.3, 0.4) is 0 Å². The molecule has 0 aliphatic rings. The predicted octanol–water partition coefficient (Wildman–Crippen LogP) is 1.46. The number of carbonyl (C=O) groups is 2. The minimum absolute atomic E-state index is 0.284. The molecule has 0 fully saturated rings. The molecule has 2 amide bonds. The molecule has 0 saturated heterocycles. The van der Waals surface area contributed by atoms with Crippen LogP contribution in [-0.4, -0.2) is 28.6 Å². The second-order valence-corrected chi connectivity index (χ2v) is 4.22. The fourth-order valence-corrected chi connectivity index (χ4v) is 1.58. The van der Waals surface area contributed by atoms with Gasteiger partial charge in [0.1, 0.15) is 11.6 Å². The monoisotopic (exact) mass is 306 g/mol. The SMILES string of the molecule is O=C(/C=C\c1c(F)cccc1F)NCC(=O)Nc1cn[nH]c1. The third-order valence-electron chi connectivity index (χ3n) is 2.61. The largest absolute Gasteiger partial charge is 0.343 e. The molecule has 8 heteroatoms. The molecule has 3 N–H and O–H groups in total. The predicted molar refractivity (Wildman–Crippen MR) is 75.6 cm³/mol. The third-order valence-corrected chi connectivity index (χ3v) is 2.61. The Morgan fingerprint density at radius 2 is 2.00 bits per heavy atom. The van der Waals surface area contributed by atoms with Gasteiger partial charge in [-0.2, -0.15) is 5.10 Å². The van der Waals surface area contributed by atoms with Gasteiger partial charge in [-0.3, -0.25) is 14.7 Å². The lowest BCUT2D eigenvalue weighted by atomic mass is 10.2. The summed E-state index contributed by atoms with van der Waals surface area (Å²) in [5.41, 5.74) is 0.142. The molecule has 1 aromatic carbocycles. The van der Waals surface area contributed by atoms with E-state index >= 15 is 0 Å². The van der Waals surface area contributed by atoms with E-state index in [2.05, 4.69) is 20.8 Å².